The third-order valence-corrected chi connectivity index (χ3v) is 7.68. The molecule has 0 saturated carbocycles. The third-order valence-electron chi connectivity index (χ3n) is 5.64. The van der Waals surface area contributed by atoms with E-state index in [1.165, 1.54) is 10.4 Å². The molecule has 8 nitrogen and oxygen atoms in total. The number of rotatable bonds is 9. The molecule has 1 heterocycles. The maximum Gasteiger partial charge on any atom is 0.243 e. The van der Waals surface area contributed by atoms with Crippen LogP contribution in [0.15, 0.2) is 53.4 Å². The van der Waals surface area contributed by atoms with Crippen LogP contribution in [0.25, 0.3) is 0 Å². The van der Waals surface area contributed by atoms with Gasteiger partial charge in [-0.05, 0) is 42.5 Å². The molecule has 2 aromatic rings. The van der Waals surface area contributed by atoms with Crippen molar-refractivity contribution >= 4 is 27.3 Å². The molecule has 1 aliphatic rings. The Morgan fingerprint density at radius 1 is 1.03 bits per heavy atom. The monoisotopic (exact) mass is 460 g/mol. The van der Waals surface area contributed by atoms with Crippen molar-refractivity contribution in [3.05, 3.63) is 48.5 Å². The van der Waals surface area contributed by atoms with Crippen LogP contribution < -0.4 is 15.0 Å². The van der Waals surface area contributed by atoms with Gasteiger partial charge < -0.3 is 15.0 Å². The van der Waals surface area contributed by atoms with Crippen molar-refractivity contribution in [1.29, 1.82) is 0 Å². The first kappa shape index (κ1) is 24.0. The fourth-order valence-electron chi connectivity index (χ4n) is 3.81. The van der Waals surface area contributed by atoms with Crippen LogP contribution in [0.4, 0.5) is 11.4 Å². The number of carbonyl (C=O) groups is 1. The van der Waals surface area contributed by atoms with E-state index in [0.717, 1.165) is 37.6 Å². The number of nitrogens with one attached hydrogen (secondary N) is 1. The first-order valence-electron chi connectivity index (χ1n) is 10.9. The number of ether oxygens (including phenoxy) is 1. The van der Waals surface area contributed by atoms with Gasteiger partial charge in [0.05, 0.1) is 18.6 Å². The van der Waals surface area contributed by atoms with Crippen LogP contribution in [0, 0.1) is 0 Å². The number of carbonyl (C=O) groups excluding carboxylic acids is 1. The van der Waals surface area contributed by atoms with Crippen LogP contribution in [0.1, 0.15) is 13.8 Å². The molecule has 0 unspecified atom stereocenters. The first-order chi connectivity index (χ1) is 15.4. The second-order valence-corrected chi connectivity index (χ2v) is 9.56. The zero-order valence-corrected chi connectivity index (χ0v) is 19.8. The van der Waals surface area contributed by atoms with Crippen molar-refractivity contribution in [3.8, 4) is 5.75 Å². The molecular formula is C23H32N4O4S. The van der Waals surface area contributed by atoms with Gasteiger partial charge in [0.1, 0.15) is 5.75 Å². The average molecular weight is 461 g/mol. The number of sulfonamides is 1. The number of anilines is 2. The summed E-state index contributed by atoms with van der Waals surface area (Å²) in [5, 5.41) is 2.84. The number of methoxy groups -OCH3 is 1. The second kappa shape index (κ2) is 10.8. The Hall–Kier alpha value is -2.62. The van der Waals surface area contributed by atoms with Crippen LogP contribution in [0.2, 0.25) is 0 Å². The number of amides is 1. The number of hydrogen-bond donors (Lipinski definition) is 1. The maximum atomic E-state index is 12.7. The maximum absolute atomic E-state index is 12.7. The highest BCUT2D eigenvalue weighted by molar-refractivity contribution is 7.89. The van der Waals surface area contributed by atoms with Gasteiger partial charge in [-0.15, -0.1) is 0 Å². The minimum Gasteiger partial charge on any atom is -0.497 e. The van der Waals surface area contributed by atoms with E-state index >= 15 is 0 Å². The summed E-state index contributed by atoms with van der Waals surface area (Å²) in [7, 11) is -1.91. The topological polar surface area (TPSA) is 82.2 Å². The third kappa shape index (κ3) is 5.79. The molecule has 174 valence electrons. The van der Waals surface area contributed by atoms with E-state index in [1.807, 2.05) is 24.3 Å². The molecule has 2 aromatic carbocycles. The van der Waals surface area contributed by atoms with Gasteiger partial charge in [-0.3, -0.25) is 9.69 Å². The van der Waals surface area contributed by atoms with Gasteiger partial charge in [-0.25, -0.2) is 8.42 Å². The lowest BCUT2D eigenvalue weighted by Crippen LogP contribution is -2.48. The predicted molar refractivity (Wildman–Crippen MR) is 127 cm³/mol. The molecule has 0 spiro atoms. The van der Waals surface area contributed by atoms with Crippen LogP contribution in [-0.2, 0) is 14.8 Å². The van der Waals surface area contributed by atoms with Gasteiger partial charge >= 0.3 is 0 Å². The van der Waals surface area contributed by atoms with Crippen molar-refractivity contribution < 1.29 is 17.9 Å². The fourth-order valence-corrected chi connectivity index (χ4v) is 5.31. The van der Waals surface area contributed by atoms with Crippen molar-refractivity contribution in [1.82, 2.24) is 9.21 Å². The molecule has 3 rings (SSSR count). The quantitative estimate of drug-likeness (QED) is 0.619. The summed E-state index contributed by atoms with van der Waals surface area (Å²) < 4.78 is 32.1. The molecule has 32 heavy (non-hydrogen) atoms. The first-order valence-corrected chi connectivity index (χ1v) is 12.3. The molecule has 9 heteroatoms. The van der Waals surface area contributed by atoms with E-state index < -0.39 is 10.0 Å². The van der Waals surface area contributed by atoms with Crippen LogP contribution >= 0.6 is 0 Å². The van der Waals surface area contributed by atoms with Crippen LogP contribution in [0.5, 0.6) is 5.75 Å². The molecule has 1 N–H and O–H groups in total. The number of nitrogens with zero attached hydrogens (tertiary/aromatic N) is 3. The highest BCUT2D eigenvalue weighted by Crippen LogP contribution is 2.21. The number of hydrogen-bond acceptors (Lipinski definition) is 6. The molecule has 0 atom stereocenters. The van der Waals surface area contributed by atoms with Crippen molar-refractivity contribution in [2.75, 3.05) is 63.1 Å². The predicted octanol–water partition coefficient (Wildman–Crippen LogP) is 2.49. The van der Waals surface area contributed by atoms with E-state index in [4.69, 9.17) is 4.74 Å². The summed E-state index contributed by atoms with van der Waals surface area (Å²) in [6, 6.07) is 14.4. The van der Waals surface area contributed by atoms with Crippen molar-refractivity contribution in [2.45, 2.75) is 18.7 Å². The summed E-state index contributed by atoms with van der Waals surface area (Å²) in [5.74, 6) is 0.679. The van der Waals surface area contributed by atoms with Crippen molar-refractivity contribution in [2.24, 2.45) is 0 Å². The molecule has 1 aliphatic heterocycles. The molecule has 1 fully saturated rings. The summed E-state index contributed by atoms with van der Waals surface area (Å²) >= 11 is 0. The van der Waals surface area contributed by atoms with Gasteiger partial charge in [-0.2, -0.15) is 4.31 Å². The average Bonchev–Trinajstić information content (AvgIpc) is 2.80. The number of piperazine rings is 1. The zero-order valence-electron chi connectivity index (χ0n) is 19.0. The molecule has 1 saturated heterocycles. The standard InChI is InChI=1S/C23H32N4O4S/c1-4-27(5-2)32(29,30)22-8-6-7-19(17-22)24-23(28)18-25-13-15-26(16-14-25)20-9-11-21(31-3)12-10-20/h6-12,17H,4-5,13-16,18H2,1-3H3,(H,24,28). The summed E-state index contributed by atoms with van der Waals surface area (Å²) in [5.41, 5.74) is 1.63. The molecule has 0 bridgehead atoms. The smallest absolute Gasteiger partial charge is 0.243 e. The Morgan fingerprint density at radius 3 is 2.28 bits per heavy atom. The fraction of sp³-hybridized carbons (Fsp3) is 0.435. The lowest BCUT2D eigenvalue weighted by Gasteiger charge is -2.35. The van der Waals surface area contributed by atoms with Crippen LogP contribution in [-0.4, -0.2) is 76.5 Å². The summed E-state index contributed by atoms with van der Waals surface area (Å²) in [6.07, 6.45) is 0. The zero-order chi connectivity index (χ0) is 23.1. The van der Waals surface area contributed by atoms with Gasteiger partial charge in [0, 0.05) is 50.6 Å². The Kier molecular flexibility index (Phi) is 8.11. The SMILES string of the molecule is CCN(CC)S(=O)(=O)c1cccc(NC(=O)CN2CCN(c3ccc(OC)cc3)CC2)c1. The highest BCUT2D eigenvalue weighted by Gasteiger charge is 2.23. The lowest BCUT2D eigenvalue weighted by atomic mass is 10.2. The minimum atomic E-state index is -3.57. The van der Waals surface area contributed by atoms with E-state index in [0.29, 0.717) is 18.8 Å². The van der Waals surface area contributed by atoms with Gasteiger partial charge in [-0.1, -0.05) is 19.9 Å². The van der Waals surface area contributed by atoms with E-state index in [1.54, 1.807) is 39.2 Å². The molecule has 0 aromatic heterocycles. The molecule has 0 aliphatic carbocycles. The summed E-state index contributed by atoms with van der Waals surface area (Å²) in [4.78, 5) is 17.1. The molecule has 0 radical (unpaired) electrons. The van der Waals surface area contributed by atoms with E-state index in [2.05, 4.69) is 15.1 Å². The Labute approximate surface area is 190 Å². The van der Waals surface area contributed by atoms with Crippen LogP contribution in [0.3, 0.4) is 0 Å². The largest absolute Gasteiger partial charge is 0.497 e. The summed E-state index contributed by atoms with van der Waals surface area (Å²) in [6.45, 7) is 7.89. The highest BCUT2D eigenvalue weighted by atomic mass is 32.2. The Bertz CT molecular complexity index is 999. The molecular weight excluding hydrogens is 428 g/mol. The molecule has 1 amide bonds. The number of benzene rings is 2. The minimum absolute atomic E-state index is 0.153. The van der Waals surface area contributed by atoms with Crippen molar-refractivity contribution in [3.63, 3.8) is 0 Å². The van der Waals surface area contributed by atoms with Gasteiger partial charge in [0.25, 0.3) is 0 Å². The second-order valence-electron chi connectivity index (χ2n) is 7.63. The lowest BCUT2D eigenvalue weighted by molar-refractivity contribution is -0.117. The Balaban J connectivity index is 1.54. The normalized spacial score (nSPS) is 15.1. The van der Waals surface area contributed by atoms with E-state index in [-0.39, 0.29) is 17.3 Å². The van der Waals surface area contributed by atoms with Gasteiger partial charge in [0.15, 0.2) is 0 Å². The van der Waals surface area contributed by atoms with E-state index in [9.17, 15) is 13.2 Å². The van der Waals surface area contributed by atoms with Gasteiger partial charge in [0.2, 0.25) is 15.9 Å². The Morgan fingerprint density at radius 2 is 1.69 bits per heavy atom.